The summed E-state index contributed by atoms with van der Waals surface area (Å²) in [7, 11) is 1.54. The molecule has 1 amide bonds. The molecule has 0 aliphatic rings. The van der Waals surface area contributed by atoms with Crippen molar-refractivity contribution in [3.63, 3.8) is 0 Å². The molecule has 0 fully saturated rings. The van der Waals surface area contributed by atoms with Gasteiger partial charge in [-0.15, -0.1) is 0 Å². The van der Waals surface area contributed by atoms with Crippen molar-refractivity contribution < 1.29 is 23.9 Å². The molecule has 2 aromatic carbocycles. The van der Waals surface area contributed by atoms with E-state index in [1.54, 1.807) is 25.3 Å². The van der Waals surface area contributed by atoms with Crippen LogP contribution in [-0.2, 0) is 11.3 Å². The van der Waals surface area contributed by atoms with E-state index in [0.717, 1.165) is 5.39 Å². The predicted octanol–water partition coefficient (Wildman–Crippen LogP) is 3.49. The van der Waals surface area contributed by atoms with Crippen molar-refractivity contribution in [2.24, 2.45) is 0 Å². The summed E-state index contributed by atoms with van der Waals surface area (Å²) in [5, 5.41) is 11.5. The highest BCUT2D eigenvalue weighted by Crippen LogP contribution is 2.27. The molecule has 1 heterocycles. The van der Waals surface area contributed by atoms with E-state index in [2.05, 4.69) is 0 Å². The number of hydrogen-bond donors (Lipinski definition) is 1. The summed E-state index contributed by atoms with van der Waals surface area (Å²) in [4.78, 5) is 12.5. The van der Waals surface area contributed by atoms with Crippen LogP contribution in [0, 0.1) is 0 Å². The summed E-state index contributed by atoms with van der Waals surface area (Å²) in [6.07, 6.45) is 0. The molecular formula is C19H19NO5. The van der Waals surface area contributed by atoms with Gasteiger partial charge in [-0.05, 0) is 18.2 Å². The second kappa shape index (κ2) is 7.83. The molecule has 6 nitrogen and oxygen atoms in total. The van der Waals surface area contributed by atoms with E-state index < -0.39 is 5.91 Å². The lowest BCUT2D eigenvalue weighted by molar-refractivity contribution is -0.0656. The number of fused-ring (bicyclic) bond motifs is 1. The number of ether oxygens (including phenoxy) is 2. The van der Waals surface area contributed by atoms with E-state index in [-0.39, 0.29) is 25.5 Å². The number of hydrogen-bond acceptors (Lipinski definition) is 5. The van der Waals surface area contributed by atoms with Gasteiger partial charge in [0.2, 0.25) is 5.76 Å². The smallest absolute Gasteiger partial charge is 0.313 e. The third-order valence-corrected chi connectivity index (χ3v) is 3.73. The highest BCUT2D eigenvalue weighted by atomic mass is 16.5. The molecule has 130 valence electrons. The quantitative estimate of drug-likeness (QED) is 0.526. The number of carbonyl (C=O) groups excluding carboxylic acids is 1. The molecule has 0 atom stereocenters. The number of carbonyl (C=O) groups is 1. The zero-order chi connectivity index (χ0) is 17.6. The number of benzene rings is 2. The van der Waals surface area contributed by atoms with Crippen molar-refractivity contribution in [1.29, 1.82) is 0 Å². The lowest BCUT2D eigenvalue weighted by Gasteiger charge is -2.15. The van der Waals surface area contributed by atoms with Crippen LogP contribution in [0.2, 0.25) is 0 Å². The minimum atomic E-state index is -0.625. The topological polar surface area (TPSA) is 72.1 Å². The van der Waals surface area contributed by atoms with Crippen LogP contribution < -0.4 is 4.74 Å². The van der Waals surface area contributed by atoms with Crippen molar-refractivity contribution in [2.75, 3.05) is 20.3 Å². The van der Waals surface area contributed by atoms with Crippen LogP contribution in [0.3, 0.4) is 0 Å². The van der Waals surface area contributed by atoms with Crippen molar-refractivity contribution in [3.05, 3.63) is 65.9 Å². The Bertz CT molecular complexity index is 843. The molecular weight excluding hydrogens is 322 g/mol. The van der Waals surface area contributed by atoms with Crippen molar-refractivity contribution in [1.82, 2.24) is 5.06 Å². The molecule has 1 aromatic heterocycles. The predicted molar refractivity (Wildman–Crippen MR) is 91.7 cm³/mol. The Morgan fingerprint density at radius 1 is 1.12 bits per heavy atom. The van der Waals surface area contributed by atoms with E-state index in [0.29, 0.717) is 22.0 Å². The molecule has 0 radical (unpaired) electrons. The Kier molecular flexibility index (Phi) is 5.33. The number of methoxy groups -OCH3 is 1. The maximum Gasteiger partial charge on any atom is 0.313 e. The number of furan rings is 1. The third-order valence-electron chi connectivity index (χ3n) is 3.73. The maximum absolute atomic E-state index is 12.5. The highest BCUT2D eigenvalue weighted by molar-refractivity contribution is 5.98. The monoisotopic (exact) mass is 341 g/mol. The molecule has 0 saturated carbocycles. The molecule has 0 unspecified atom stereocenters. The van der Waals surface area contributed by atoms with Crippen molar-refractivity contribution in [2.45, 2.75) is 6.61 Å². The SMILES string of the molecule is COCc1c(C(=O)N(O)CCOc2ccccc2)oc2ccccc12. The van der Waals surface area contributed by atoms with Gasteiger partial charge in [-0.2, -0.15) is 0 Å². The zero-order valence-electron chi connectivity index (χ0n) is 13.8. The number of nitrogens with zero attached hydrogens (tertiary/aromatic N) is 1. The van der Waals surface area contributed by atoms with Gasteiger partial charge in [-0.3, -0.25) is 10.0 Å². The molecule has 0 aliphatic carbocycles. The second-order valence-corrected chi connectivity index (χ2v) is 5.43. The van der Waals surface area contributed by atoms with Gasteiger partial charge in [0.05, 0.1) is 13.2 Å². The maximum atomic E-state index is 12.5. The van der Waals surface area contributed by atoms with E-state index in [1.165, 1.54) is 0 Å². The second-order valence-electron chi connectivity index (χ2n) is 5.43. The molecule has 0 bridgehead atoms. The van der Waals surface area contributed by atoms with Crippen molar-refractivity contribution in [3.8, 4) is 5.75 Å². The summed E-state index contributed by atoms with van der Waals surface area (Å²) in [5.41, 5.74) is 1.19. The minimum absolute atomic E-state index is 0.0111. The minimum Gasteiger partial charge on any atom is -0.492 e. The van der Waals surface area contributed by atoms with Crippen LogP contribution in [0.4, 0.5) is 0 Å². The van der Waals surface area contributed by atoms with Crippen LogP contribution >= 0.6 is 0 Å². The van der Waals surface area contributed by atoms with Gasteiger partial charge in [0.25, 0.3) is 0 Å². The van der Waals surface area contributed by atoms with E-state index in [4.69, 9.17) is 13.9 Å². The van der Waals surface area contributed by atoms with E-state index in [1.807, 2.05) is 36.4 Å². The lowest BCUT2D eigenvalue weighted by Crippen LogP contribution is -2.31. The van der Waals surface area contributed by atoms with Crippen LogP contribution in [0.15, 0.2) is 59.0 Å². The summed E-state index contributed by atoms with van der Waals surface area (Å²) < 4.78 is 16.3. The summed E-state index contributed by atoms with van der Waals surface area (Å²) in [5.74, 6) is 0.123. The highest BCUT2D eigenvalue weighted by Gasteiger charge is 2.24. The first kappa shape index (κ1) is 17.0. The van der Waals surface area contributed by atoms with Gasteiger partial charge in [0.15, 0.2) is 0 Å². The van der Waals surface area contributed by atoms with E-state index in [9.17, 15) is 10.0 Å². The summed E-state index contributed by atoms with van der Waals surface area (Å²) in [6.45, 7) is 0.385. The van der Waals surface area contributed by atoms with E-state index >= 15 is 0 Å². The average molecular weight is 341 g/mol. The van der Waals surface area contributed by atoms with Crippen LogP contribution in [0.5, 0.6) is 5.75 Å². The molecule has 0 spiro atoms. The Hall–Kier alpha value is -2.83. The van der Waals surface area contributed by atoms with Gasteiger partial charge in [-0.25, -0.2) is 5.06 Å². The number of rotatable bonds is 7. The first-order valence-electron chi connectivity index (χ1n) is 7.88. The molecule has 25 heavy (non-hydrogen) atoms. The normalized spacial score (nSPS) is 10.8. The average Bonchev–Trinajstić information content (AvgIpc) is 3.01. The molecule has 3 rings (SSSR count). The first-order chi connectivity index (χ1) is 12.2. The molecule has 3 aromatic rings. The Labute approximate surface area is 145 Å². The van der Waals surface area contributed by atoms with Gasteiger partial charge in [0.1, 0.15) is 17.9 Å². The summed E-state index contributed by atoms with van der Waals surface area (Å²) in [6, 6.07) is 16.5. The molecule has 1 N–H and O–H groups in total. The van der Waals surface area contributed by atoms with Crippen LogP contribution in [0.25, 0.3) is 11.0 Å². The van der Waals surface area contributed by atoms with Crippen molar-refractivity contribution >= 4 is 16.9 Å². The zero-order valence-corrected chi connectivity index (χ0v) is 13.8. The number of amides is 1. The Morgan fingerprint density at radius 2 is 1.84 bits per heavy atom. The van der Waals surface area contributed by atoms with Gasteiger partial charge < -0.3 is 13.9 Å². The van der Waals surface area contributed by atoms with Crippen LogP contribution in [-0.4, -0.2) is 36.4 Å². The fourth-order valence-electron chi connectivity index (χ4n) is 2.54. The Morgan fingerprint density at radius 3 is 2.60 bits per heavy atom. The summed E-state index contributed by atoms with van der Waals surface area (Å²) >= 11 is 0. The lowest BCUT2D eigenvalue weighted by atomic mass is 10.1. The standard InChI is InChI=1S/C19H19NO5/c1-23-13-16-15-9-5-6-10-17(15)25-18(16)19(21)20(22)11-12-24-14-7-3-2-4-8-14/h2-10,22H,11-13H2,1H3. The van der Waals surface area contributed by atoms with Gasteiger partial charge >= 0.3 is 5.91 Å². The molecule has 0 aliphatic heterocycles. The fourth-order valence-corrected chi connectivity index (χ4v) is 2.54. The molecule has 0 saturated heterocycles. The number of para-hydroxylation sites is 2. The Balaban J connectivity index is 1.71. The van der Waals surface area contributed by atoms with Crippen LogP contribution in [0.1, 0.15) is 16.1 Å². The fraction of sp³-hybridized carbons (Fsp3) is 0.211. The van der Waals surface area contributed by atoms with Gasteiger partial charge in [-0.1, -0.05) is 36.4 Å². The largest absolute Gasteiger partial charge is 0.492 e. The number of hydroxylamine groups is 2. The molecule has 6 heteroatoms. The van der Waals surface area contributed by atoms with Gasteiger partial charge in [0, 0.05) is 18.1 Å². The first-order valence-corrected chi connectivity index (χ1v) is 7.88. The third kappa shape index (κ3) is 3.81.